The van der Waals surface area contributed by atoms with E-state index in [-0.39, 0.29) is 31.5 Å². The summed E-state index contributed by atoms with van der Waals surface area (Å²) in [5.74, 6) is -2.79. The molecule has 3 aromatic heterocycles. The Morgan fingerprint density at radius 2 is 1.89 bits per heavy atom. The van der Waals surface area contributed by atoms with Gasteiger partial charge >= 0.3 is 6.18 Å². The van der Waals surface area contributed by atoms with Gasteiger partial charge in [0.15, 0.2) is 11.9 Å². The van der Waals surface area contributed by atoms with Crippen LogP contribution in [0.25, 0.3) is 5.65 Å². The maximum atomic E-state index is 12.3. The van der Waals surface area contributed by atoms with E-state index in [2.05, 4.69) is 20.5 Å². The minimum atomic E-state index is -4.29. The first-order valence-electron chi connectivity index (χ1n) is 11.0. The smallest absolute Gasteiger partial charge is 0.346 e. The zero-order valence-electron chi connectivity index (χ0n) is 19.0. The van der Waals surface area contributed by atoms with Gasteiger partial charge in [-0.3, -0.25) is 14.3 Å². The minimum absolute atomic E-state index is 0.0891. The fourth-order valence-corrected chi connectivity index (χ4v) is 3.55. The maximum absolute atomic E-state index is 12.3. The number of nitrogens with zero attached hydrogens (tertiary/aromatic N) is 5. The van der Waals surface area contributed by atoms with Crippen molar-refractivity contribution < 1.29 is 31.5 Å². The largest absolute Gasteiger partial charge is 0.390 e. The lowest BCUT2D eigenvalue weighted by molar-refractivity contribution is -0.137. The molecule has 13 heteroatoms. The second-order valence-corrected chi connectivity index (χ2v) is 8.27. The number of hydrogen-bond donors (Lipinski definition) is 1. The van der Waals surface area contributed by atoms with Crippen molar-refractivity contribution in [2.75, 3.05) is 0 Å². The van der Waals surface area contributed by atoms with E-state index in [1.54, 1.807) is 12.3 Å². The van der Waals surface area contributed by atoms with E-state index in [9.17, 15) is 31.5 Å². The van der Waals surface area contributed by atoms with E-state index in [4.69, 9.17) is 0 Å². The number of aryl methyl sites for hydroxylation is 1. The third kappa shape index (κ3) is 7.55. The first-order valence-corrected chi connectivity index (χ1v) is 11.0. The molecular formula is C22H25F5N6O2. The molecule has 1 saturated carbocycles. The van der Waals surface area contributed by atoms with Crippen molar-refractivity contribution in [3.63, 3.8) is 0 Å². The number of rotatable bonds is 6. The quantitative estimate of drug-likeness (QED) is 0.397. The summed E-state index contributed by atoms with van der Waals surface area (Å²) < 4.78 is 64.0. The molecule has 3 aromatic rings. The van der Waals surface area contributed by atoms with E-state index in [0.29, 0.717) is 41.7 Å². The van der Waals surface area contributed by atoms with E-state index < -0.39 is 24.4 Å². The van der Waals surface area contributed by atoms with E-state index in [0.717, 1.165) is 11.1 Å². The van der Waals surface area contributed by atoms with Gasteiger partial charge in [-0.05, 0) is 25.8 Å². The molecule has 0 spiro atoms. The van der Waals surface area contributed by atoms with E-state index in [1.807, 2.05) is 0 Å². The Morgan fingerprint density at radius 1 is 1.17 bits per heavy atom. The Hall–Kier alpha value is -3.38. The SMILES string of the molecule is Cc1c(C(=O)NCc2cn3ncc(C=O)cc3n2)cnn1CCC(F)(F)F.FC1(F)CCCCC1. The fourth-order valence-electron chi connectivity index (χ4n) is 3.55. The lowest BCUT2D eigenvalue weighted by Crippen LogP contribution is -2.23. The molecule has 0 radical (unpaired) electrons. The van der Waals surface area contributed by atoms with Crippen molar-refractivity contribution in [1.82, 2.24) is 29.7 Å². The van der Waals surface area contributed by atoms with Gasteiger partial charge in [0.05, 0.1) is 42.8 Å². The van der Waals surface area contributed by atoms with Gasteiger partial charge in [0.25, 0.3) is 5.91 Å². The Labute approximate surface area is 197 Å². The Morgan fingerprint density at radius 3 is 2.49 bits per heavy atom. The zero-order chi connectivity index (χ0) is 25.6. The third-order valence-corrected chi connectivity index (χ3v) is 5.50. The molecule has 0 aliphatic heterocycles. The third-order valence-electron chi connectivity index (χ3n) is 5.50. The highest BCUT2D eigenvalue weighted by Gasteiger charge is 2.30. The molecule has 4 rings (SSSR count). The number of aromatic nitrogens is 5. The van der Waals surface area contributed by atoms with Gasteiger partial charge in [0.2, 0.25) is 5.92 Å². The average molecular weight is 500 g/mol. The van der Waals surface area contributed by atoms with Crippen molar-refractivity contribution in [3.05, 3.63) is 47.2 Å². The van der Waals surface area contributed by atoms with Crippen molar-refractivity contribution in [2.24, 2.45) is 0 Å². The molecule has 1 aliphatic carbocycles. The molecule has 8 nitrogen and oxygen atoms in total. The minimum Gasteiger partial charge on any atom is -0.346 e. The van der Waals surface area contributed by atoms with Gasteiger partial charge in [-0.2, -0.15) is 23.4 Å². The lowest BCUT2D eigenvalue weighted by Gasteiger charge is -2.20. The Balaban J connectivity index is 0.000000363. The summed E-state index contributed by atoms with van der Waals surface area (Å²) >= 11 is 0. The maximum Gasteiger partial charge on any atom is 0.390 e. The normalized spacial score (nSPS) is 15.4. The molecule has 3 heterocycles. The van der Waals surface area contributed by atoms with Crippen LogP contribution in [0.5, 0.6) is 0 Å². The second-order valence-electron chi connectivity index (χ2n) is 8.27. The number of aldehydes is 1. The van der Waals surface area contributed by atoms with Crippen LogP contribution in [0.2, 0.25) is 0 Å². The summed E-state index contributed by atoms with van der Waals surface area (Å²) in [6, 6.07) is 1.56. The van der Waals surface area contributed by atoms with Crippen LogP contribution in [-0.4, -0.2) is 48.7 Å². The average Bonchev–Trinajstić information content (AvgIpc) is 3.38. The zero-order valence-corrected chi connectivity index (χ0v) is 19.0. The predicted octanol–water partition coefficient (Wildman–Crippen LogP) is 4.51. The van der Waals surface area contributed by atoms with Gasteiger partial charge < -0.3 is 5.32 Å². The molecule has 0 saturated heterocycles. The van der Waals surface area contributed by atoms with Crippen LogP contribution in [0, 0.1) is 6.92 Å². The number of nitrogens with one attached hydrogen (secondary N) is 1. The summed E-state index contributed by atoms with van der Waals surface area (Å²) in [4.78, 5) is 27.3. The summed E-state index contributed by atoms with van der Waals surface area (Å²) in [5, 5.41) is 10.5. The number of imidazole rings is 1. The van der Waals surface area contributed by atoms with Gasteiger partial charge in [-0.15, -0.1) is 0 Å². The Kier molecular flexibility index (Phi) is 8.18. The highest BCUT2D eigenvalue weighted by atomic mass is 19.4. The molecule has 190 valence electrons. The van der Waals surface area contributed by atoms with Crippen LogP contribution in [0.1, 0.15) is 70.6 Å². The monoisotopic (exact) mass is 500 g/mol. The molecule has 1 fully saturated rings. The van der Waals surface area contributed by atoms with Gasteiger partial charge in [-0.1, -0.05) is 6.42 Å². The van der Waals surface area contributed by atoms with Crippen LogP contribution in [0.4, 0.5) is 22.0 Å². The molecule has 1 aliphatic rings. The first-order chi connectivity index (χ1) is 16.5. The van der Waals surface area contributed by atoms with Crippen molar-refractivity contribution in [1.29, 1.82) is 0 Å². The predicted molar refractivity (Wildman–Crippen MR) is 115 cm³/mol. The number of hydrogen-bond acceptors (Lipinski definition) is 5. The van der Waals surface area contributed by atoms with Crippen LogP contribution in [0.15, 0.2) is 24.7 Å². The number of halogens is 5. The molecular weight excluding hydrogens is 475 g/mol. The van der Waals surface area contributed by atoms with E-state index in [1.165, 1.54) is 23.8 Å². The second kappa shape index (κ2) is 10.9. The molecule has 0 bridgehead atoms. The molecule has 35 heavy (non-hydrogen) atoms. The van der Waals surface area contributed by atoms with Crippen LogP contribution >= 0.6 is 0 Å². The fraction of sp³-hybridized carbons (Fsp3) is 0.500. The van der Waals surface area contributed by atoms with Gasteiger partial charge in [-0.25, -0.2) is 18.3 Å². The first kappa shape index (κ1) is 26.2. The lowest BCUT2D eigenvalue weighted by atomic mass is 9.97. The van der Waals surface area contributed by atoms with Gasteiger partial charge in [0.1, 0.15) is 0 Å². The highest BCUT2D eigenvalue weighted by molar-refractivity contribution is 5.94. The van der Waals surface area contributed by atoms with Crippen molar-refractivity contribution >= 4 is 17.8 Å². The molecule has 1 N–H and O–H groups in total. The summed E-state index contributed by atoms with van der Waals surface area (Å²) in [6.07, 6.45) is 2.24. The number of carbonyl (C=O) groups is 2. The Bertz CT molecular complexity index is 1160. The summed E-state index contributed by atoms with van der Waals surface area (Å²) in [5.41, 5.74) is 1.90. The number of carbonyl (C=O) groups excluding carboxylic acids is 2. The van der Waals surface area contributed by atoms with E-state index >= 15 is 0 Å². The van der Waals surface area contributed by atoms with Crippen LogP contribution in [-0.2, 0) is 13.1 Å². The molecule has 0 atom stereocenters. The van der Waals surface area contributed by atoms with Gasteiger partial charge in [0, 0.05) is 30.6 Å². The number of amides is 1. The topological polar surface area (TPSA) is 94.2 Å². The van der Waals surface area contributed by atoms with Crippen molar-refractivity contribution in [2.45, 2.75) is 70.6 Å². The van der Waals surface area contributed by atoms with Crippen molar-refractivity contribution in [3.8, 4) is 0 Å². The molecule has 0 unspecified atom stereocenters. The van der Waals surface area contributed by atoms with Crippen LogP contribution < -0.4 is 5.32 Å². The standard InChI is InChI=1S/C16H15F3N6O2.C6H10F2/c1-10-13(7-22-24(10)3-2-16(17,18)19)15(27)20-6-12-8-25-14(23-12)4-11(9-26)5-21-25;7-6(8)4-2-1-3-5-6/h4-5,7-9H,2-3,6H2,1H3,(H,20,27);1-5H2. The molecule has 1 amide bonds. The number of fused-ring (bicyclic) bond motifs is 1. The van der Waals surface area contributed by atoms with Crippen LogP contribution in [0.3, 0.4) is 0 Å². The summed E-state index contributed by atoms with van der Waals surface area (Å²) in [6.45, 7) is 1.28. The number of alkyl halides is 5. The highest BCUT2D eigenvalue weighted by Crippen LogP contribution is 2.32. The summed E-state index contributed by atoms with van der Waals surface area (Å²) in [7, 11) is 0. The molecule has 0 aromatic carbocycles.